The highest BCUT2D eigenvalue weighted by molar-refractivity contribution is 5.77. The summed E-state index contributed by atoms with van der Waals surface area (Å²) >= 11 is 0. The van der Waals surface area contributed by atoms with Gasteiger partial charge in [-0.05, 0) is 13.0 Å². The molecule has 30 atom stereocenters. The van der Waals surface area contributed by atoms with Gasteiger partial charge in [0, 0.05) is 6.42 Å². The summed E-state index contributed by atoms with van der Waals surface area (Å²) in [6, 6.07) is -1.73. The van der Waals surface area contributed by atoms with Crippen LogP contribution in [0.5, 0.6) is 0 Å². The van der Waals surface area contributed by atoms with Crippen LogP contribution in [0.2, 0.25) is 0 Å². The fourth-order valence-corrected chi connectivity index (χ4v) is 9.39. The average Bonchev–Trinajstić information content (AvgIpc) is 3.40. The average molecular weight is 1110 g/mol. The van der Waals surface area contributed by atoms with Crippen LogP contribution in [0.3, 0.4) is 0 Å². The number of ether oxygens (including phenoxy) is 12. The number of nitrogens with two attached hydrogens (primary N) is 2. The van der Waals surface area contributed by atoms with Gasteiger partial charge in [-0.25, -0.2) is 4.79 Å². The largest absolute Gasteiger partial charge is 0.477 e. The maximum Gasteiger partial charge on any atom is 0.367 e. The zero-order chi connectivity index (χ0) is 55.4. The van der Waals surface area contributed by atoms with Crippen molar-refractivity contribution in [3.8, 4) is 0 Å². The standard InChI is InChI=1S/C41H72N2O32/c42-2-1-3-64-41(40(62)63)34(61)13(4-12(75-41)11(50)5-44)65-38-32(73-37-28(59)26(57)22(53)16(8-47)68-37)29(60)30(18(10-49)70-38)71-39-33(74-35-19(43)24(55)20(51)14(6-45)66-35)31(23(54)17(9-48)69-39)72-36-27(58)25(56)21(52)15(7-46)67-36/h11-39,44-61H,1-10,42-43H2,(H,62,63)/t11-,12+,13+,14-,15-,16-,17-,18-,19-,20+,21-,22-,23-,24-,25+,26+,27-,28-,29+,30-,31+,32+,33+,34+,35-,36-,37+,38+,39+,41-/m1/s1. The summed E-state index contributed by atoms with van der Waals surface area (Å²) in [7, 11) is 0. The lowest BCUT2D eigenvalue weighted by Gasteiger charge is -2.52. The molecule has 23 N–H and O–H groups in total. The van der Waals surface area contributed by atoms with Gasteiger partial charge < -0.3 is 165 Å². The van der Waals surface area contributed by atoms with E-state index in [4.69, 9.17) is 68.3 Å². The normalized spacial score (nSPS) is 49.3. The molecule has 6 saturated heterocycles. The molecule has 0 saturated carbocycles. The fraction of sp³-hybridized carbons (Fsp3) is 0.976. The van der Waals surface area contributed by atoms with E-state index in [9.17, 15) is 102 Å². The van der Waals surface area contributed by atoms with Crippen molar-refractivity contribution in [1.82, 2.24) is 0 Å². The predicted octanol–water partition coefficient (Wildman–Crippen LogP) is -13.9. The van der Waals surface area contributed by atoms with E-state index in [1.807, 2.05) is 0 Å². The third-order valence-corrected chi connectivity index (χ3v) is 13.8. The topological polar surface area (TPSA) is 564 Å². The number of aliphatic hydroxyl groups is 18. The molecule has 6 rings (SSSR count). The number of carboxylic acids is 1. The highest BCUT2D eigenvalue weighted by Crippen LogP contribution is 2.40. The molecule has 6 heterocycles. The van der Waals surface area contributed by atoms with Gasteiger partial charge in [0.15, 0.2) is 31.5 Å². The number of aliphatic carboxylic acids is 1. The Kier molecular flexibility index (Phi) is 22.5. The van der Waals surface area contributed by atoms with E-state index >= 15 is 0 Å². The second-order valence-corrected chi connectivity index (χ2v) is 18.7. The van der Waals surface area contributed by atoms with Crippen LogP contribution in [0.25, 0.3) is 0 Å². The highest BCUT2D eigenvalue weighted by Gasteiger charge is 2.62. The first-order chi connectivity index (χ1) is 35.6. The van der Waals surface area contributed by atoms with Gasteiger partial charge >= 0.3 is 5.97 Å². The second kappa shape index (κ2) is 27.1. The summed E-state index contributed by atoms with van der Waals surface area (Å²) in [5, 5.41) is 204. The molecule has 0 spiro atoms. The van der Waals surface area contributed by atoms with Crippen LogP contribution >= 0.6 is 0 Å². The molecule has 0 radical (unpaired) electrons. The summed E-state index contributed by atoms with van der Waals surface area (Å²) in [4.78, 5) is 12.9. The van der Waals surface area contributed by atoms with E-state index in [-0.39, 0.29) is 13.0 Å². The number of hydrogen-bond donors (Lipinski definition) is 21. The molecule has 6 fully saturated rings. The monoisotopic (exact) mass is 1100 g/mol. The van der Waals surface area contributed by atoms with Crippen molar-refractivity contribution in [2.45, 2.75) is 197 Å². The third kappa shape index (κ3) is 13.0. The van der Waals surface area contributed by atoms with Gasteiger partial charge in [0.2, 0.25) is 0 Å². The SMILES string of the molecule is NCCCO[C@@]1(C(=O)O)O[C@H]([C@H](O)CO)C[C@H](O[C@H]2O[C@H](CO)[C@@H](O[C@@H]3O[C@H](CO)[C@@H](O)[C@H](O[C@H]4O[C@H](CO)[C@@H](O)[C@H](O)[C@H]4O)[C@@H]3O[C@H]3O[C@H](CO)[C@H](O)[C@H](O)[C@H]3N)[C@H](O)[C@@H]2O[C@@H]2O[C@H](CO)[C@@H](O)[C@H](O)[C@H]2O)[C@@H]1O. The maximum absolute atomic E-state index is 12.9. The highest BCUT2D eigenvalue weighted by atomic mass is 16.8. The van der Waals surface area contributed by atoms with Crippen LogP contribution in [0, 0.1) is 0 Å². The minimum atomic E-state index is -3.06. The summed E-state index contributed by atoms with van der Waals surface area (Å²) in [5.41, 5.74) is 11.7. The molecule has 6 aliphatic rings. The van der Waals surface area contributed by atoms with Gasteiger partial charge in [-0.1, -0.05) is 0 Å². The summed E-state index contributed by atoms with van der Waals surface area (Å²) in [6.45, 7) is -6.70. The Labute approximate surface area is 425 Å². The smallest absolute Gasteiger partial charge is 0.367 e. The van der Waals surface area contributed by atoms with Crippen LogP contribution < -0.4 is 11.5 Å². The quantitative estimate of drug-likeness (QED) is 0.0448. The van der Waals surface area contributed by atoms with Crippen LogP contribution in [0.15, 0.2) is 0 Å². The number of hydrogen-bond acceptors (Lipinski definition) is 33. The van der Waals surface area contributed by atoms with E-state index in [0.717, 1.165) is 0 Å². The van der Waals surface area contributed by atoms with E-state index in [1.165, 1.54) is 0 Å². The minimum absolute atomic E-state index is 0.0142. The number of rotatable bonds is 22. The van der Waals surface area contributed by atoms with Gasteiger partial charge in [0.05, 0.1) is 64.5 Å². The minimum Gasteiger partial charge on any atom is -0.477 e. The molecule has 75 heavy (non-hydrogen) atoms. The Hall–Kier alpha value is -1.81. The Morgan fingerprint density at radius 3 is 1.47 bits per heavy atom. The van der Waals surface area contributed by atoms with Crippen LogP contribution in [0.1, 0.15) is 12.8 Å². The number of carbonyl (C=O) groups is 1. The fourth-order valence-electron chi connectivity index (χ4n) is 9.39. The zero-order valence-corrected chi connectivity index (χ0v) is 39.8. The van der Waals surface area contributed by atoms with Gasteiger partial charge in [-0.15, -0.1) is 0 Å². The van der Waals surface area contributed by atoms with E-state index < -0.39 is 242 Å². The molecular formula is C41H72N2O32. The van der Waals surface area contributed by atoms with Gasteiger partial charge in [0.25, 0.3) is 5.79 Å². The first kappa shape index (κ1) is 62.4. The van der Waals surface area contributed by atoms with Crippen LogP contribution in [-0.2, 0) is 61.6 Å². The van der Waals surface area contributed by atoms with Crippen molar-refractivity contribution >= 4 is 5.97 Å². The van der Waals surface area contributed by atoms with Crippen molar-refractivity contribution in [3.05, 3.63) is 0 Å². The van der Waals surface area contributed by atoms with Crippen molar-refractivity contribution in [1.29, 1.82) is 0 Å². The molecule has 34 heteroatoms. The molecule has 438 valence electrons. The van der Waals surface area contributed by atoms with E-state index in [1.54, 1.807) is 0 Å². The van der Waals surface area contributed by atoms with E-state index in [0.29, 0.717) is 0 Å². The van der Waals surface area contributed by atoms with Gasteiger partial charge in [-0.2, -0.15) is 0 Å². The van der Waals surface area contributed by atoms with Crippen LogP contribution in [0.4, 0.5) is 0 Å². The molecule has 6 aliphatic heterocycles. The summed E-state index contributed by atoms with van der Waals surface area (Å²) in [6.07, 6.45) is -57.0. The van der Waals surface area contributed by atoms with Gasteiger partial charge in [0.1, 0.15) is 128 Å². The molecule has 0 aromatic rings. The summed E-state index contributed by atoms with van der Waals surface area (Å²) < 4.78 is 69.9. The van der Waals surface area contributed by atoms with Crippen molar-refractivity contribution in [2.75, 3.05) is 52.8 Å². The molecule has 0 aromatic carbocycles. The Balaban J connectivity index is 1.41. The van der Waals surface area contributed by atoms with E-state index in [2.05, 4.69) is 0 Å². The molecule has 0 unspecified atom stereocenters. The Morgan fingerprint density at radius 1 is 0.520 bits per heavy atom. The number of carboxylic acid groups (broad SMARTS) is 1. The van der Waals surface area contributed by atoms with Crippen LogP contribution in [-0.4, -0.2) is 339 Å². The molecular weight excluding hydrogens is 1030 g/mol. The third-order valence-electron chi connectivity index (χ3n) is 13.8. The number of aliphatic hydroxyl groups excluding tert-OH is 18. The van der Waals surface area contributed by atoms with Crippen molar-refractivity contribution < 1.29 is 159 Å². The second-order valence-electron chi connectivity index (χ2n) is 18.7. The predicted molar refractivity (Wildman–Crippen MR) is 230 cm³/mol. The molecule has 0 aromatic heterocycles. The first-order valence-corrected chi connectivity index (χ1v) is 23.9. The lowest BCUT2D eigenvalue weighted by molar-refractivity contribution is -0.415. The Morgan fingerprint density at radius 2 is 0.960 bits per heavy atom. The lowest BCUT2D eigenvalue weighted by Crippen LogP contribution is -2.70. The molecule has 0 aliphatic carbocycles. The molecule has 0 bridgehead atoms. The van der Waals surface area contributed by atoms with Crippen molar-refractivity contribution in [3.63, 3.8) is 0 Å². The summed E-state index contributed by atoms with van der Waals surface area (Å²) in [5.74, 6) is -5.02. The van der Waals surface area contributed by atoms with Crippen molar-refractivity contribution in [2.24, 2.45) is 11.5 Å². The molecule has 34 nitrogen and oxygen atoms in total. The Bertz CT molecular complexity index is 1750. The maximum atomic E-state index is 12.9. The first-order valence-electron chi connectivity index (χ1n) is 23.9. The lowest BCUT2D eigenvalue weighted by atomic mass is 9.91. The van der Waals surface area contributed by atoms with Gasteiger partial charge in [-0.3, -0.25) is 0 Å². The zero-order valence-electron chi connectivity index (χ0n) is 39.8. The molecule has 0 amide bonds.